The zero-order chi connectivity index (χ0) is 13.7. The molecule has 0 spiro atoms. The first-order chi connectivity index (χ1) is 9.72. The summed E-state index contributed by atoms with van der Waals surface area (Å²) in [7, 11) is 0. The molecule has 0 aliphatic carbocycles. The first-order valence-corrected chi connectivity index (χ1v) is 7.99. The second-order valence-corrected chi connectivity index (χ2v) is 6.66. The van der Waals surface area contributed by atoms with Crippen LogP contribution < -0.4 is 5.56 Å². The summed E-state index contributed by atoms with van der Waals surface area (Å²) in [5.41, 5.74) is 1.52. The monoisotopic (exact) mass is 347 g/mol. The van der Waals surface area contributed by atoms with Crippen molar-refractivity contribution >= 4 is 37.6 Å². The molecule has 6 heteroatoms. The SMILES string of the molecule is O=c1c2nc(-c3ccc(Br)cc3)sc2nc2n1CCC2. The second kappa shape index (κ2) is 4.49. The smallest absolute Gasteiger partial charge is 0.280 e. The van der Waals surface area contributed by atoms with Crippen molar-refractivity contribution in [2.75, 3.05) is 0 Å². The molecule has 2 aromatic heterocycles. The molecule has 0 N–H and O–H groups in total. The van der Waals surface area contributed by atoms with E-state index in [2.05, 4.69) is 25.9 Å². The molecule has 0 radical (unpaired) electrons. The topological polar surface area (TPSA) is 47.8 Å². The Labute approximate surface area is 127 Å². The third kappa shape index (κ3) is 1.83. The summed E-state index contributed by atoms with van der Waals surface area (Å²) in [6.45, 7) is 0.766. The van der Waals surface area contributed by atoms with E-state index in [1.165, 1.54) is 11.3 Å². The van der Waals surface area contributed by atoms with Gasteiger partial charge in [-0.1, -0.05) is 39.4 Å². The summed E-state index contributed by atoms with van der Waals surface area (Å²) >= 11 is 4.90. The first kappa shape index (κ1) is 12.2. The third-order valence-electron chi connectivity index (χ3n) is 3.47. The molecule has 20 heavy (non-hydrogen) atoms. The van der Waals surface area contributed by atoms with Crippen LogP contribution in [0, 0.1) is 0 Å². The zero-order valence-electron chi connectivity index (χ0n) is 10.5. The molecule has 3 heterocycles. The Morgan fingerprint density at radius 1 is 1.20 bits per heavy atom. The zero-order valence-corrected chi connectivity index (χ0v) is 12.9. The van der Waals surface area contributed by atoms with Crippen molar-refractivity contribution in [1.82, 2.24) is 14.5 Å². The highest BCUT2D eigenvalue weighted by Crippen LogP contribution is 2.29. The molecule has 0 amide bonds. The Bertz CT molecular complexity index is 866. The molecule has 1 aliphatic heterocycles. The summed E-state index contributed by atoms with van der Waals surface area (Å²) in [4.78, 5) is 22.2. The van der Waals surface area contributed by atoms with Crippen LogP contribution in [0.25, 0.3) is 20.9 Å². The fourth-order valence-electron chi connectivity index (χ4n) is 2.48. The molecule has 4 rings (SSSR count). The van der Waals surface area contributed by atoms with E-state index in [1.807, 2.05) is 24.3 Å². The fourth-order valence-corrected chi connectivity index (χ4v) is 3.70. The molecule has 0 bridgehead atoms. The highest BCUT2D eigenvalue weighted by molar-refractivity contribution is 9.10. The Morgan fingerprint density at radius 3 is 2.80 bits per heavy atom. The standard InChI is InChI=1S/C14H10BrN3OS/c15-9-5-3-8(4-6-9)12-17-11-13(20-12)16-10-2-1-7-18(10)14(11)19/h3-6H,1-2,7H2. The van der Waals surface area contributed by atoms with Gasteiger partial charge in [0.15, 0.2) is 10.3 Å². The van der Waals surface area contributed by atoms with E-state index in [0.717, 1.165) is 45.1 Å². The van der Waals surface area contributed by atoms with E-state index in [9.17, 15) is 4.79 Å². The second-order valence-electron chi connectivity index (χ2n) is 4.77. The molecule has 1 aromatic carbocycles. The van der Waals surface area contributed by atoms with Crippen molar-refractivity contribution in [3.63, 3.8) is 0 Å². The molecule has 0 unspecified atom stereocenters. The number of hydrogen-bond acceptors (Lipinski definition) is 4. The predicted octanol–water partition coefficient (Wildman–Crippen LogP) is 3.23. The van der Waals surface area contributed by atoms with E-state index in [1.54, 1.807) is 4.57 Å². The molecular formula is C14H10BrN3OS. The average Bonchev–Trinajstić information content (AvgIpc) is 3.06. The van der Waals surface area contributed by atoms with Crippen LogP contribution in [0.1, 0.15) is 12.2 Å². The molecule has 0 atom stereocenters. The normalized spacial score (nSPS) is 13.8. The summed E-state index contributed by atoms with van der Waals surface area (Å²) in [6, 6.07) is 7.93. The minimum atomic E-state index is 0.00196. The van der Waals surface area contributed by atoms with E-state index in [4.69, 9.17) is 0 Å². The van der Waals surface area contributed by atoms with Gasteiger partial charge in [-0.3, -0.25) is 9.36 Å². The van der Waals surface area contributed by atoms with Gasteiger partial charge in [-0.2, -0.15) is 0 Å². The Kier molecular flexibility index (Phi) is 2.75. The van der Waals surface area contributed by atoms with Gasteiger partial charge in [0.05, 0.1) is 0 Å². The summed E-state index contributed by atoms with van der Waals surface area (Å²) in [6.07, 6.45) is 1.88. The van der Waals surface area contributed by atoms with Crippen LogP contribution in [-0.4, -0.2) is 14.5 Å². The van der Waals surface area contributed by atoms with Gasteiger partial charge in [-0.25, -0.2) is 9.97 Å². The maximum Gasteiger partial charge on any atom is 0.280 e. The van der Waals surface area contributed by atoms with Crippen LogP contribution in [0.4, 0.5) is 0 Å². The number of nitrogens with zero attached hydrogens (tertiary/aromatic N) is 3. The third-order valence-corrected chi connectivity index (χ3v) is 5.00. The molecule has 0 fully saturated rings. The molecule has 100 valence electrons. The fraction of sp³-hybridized carbons (Fsp3) is 0.214. The van der Waals surface area contributed by atoms with Crippen molar-refractivity contribution in [3.05, 3.63) is 44.9 Å². The lowest BCUT2D eigenvalue weighted by molar-refractivity contribution is 0.718. The van der Waals surface area contributed by atoms with Gasteiger partial charge in [0.25, 0.3) is 5.56 Å². The lowest BCUT2D eigenvalue weighted by Crippen LogP contribution is -2.20. The quantitative estimate of drug-likeness (QED) is 0.678. The van der Waals surface area contributed by atoms with Gasteiger partial charge in [0.2, 0.25) is 0 Å². The minimum absolute atomic E-state index is 0.00196. The number of thiazole rings is 1. The number of hydrogen-bond donors (Lipinski definition) is 0. The van der Waals surface area contributed by atoms with Crippen molar-refractivity contribution in [2.24, 2.45) is 0 Å². The molecule has 0 saturated carbocycles. The number of benzene rings is 1. The number of fused-ring (bicyclic) bond motifs is 2. The Hall–Kier alpha value is -1.53. The van der Waals surface area contributed by atoms with E-state index < -0.39 is 0 Å². The van der Waals surface area contributed by atoms with Crippen molar-refractivity contribution in [2.45, 2.75) is 19.4 Å². The molecular weight excluding hydrogens is 338 g/mol. The maximum absolute atomic E-state index is 12.4. The van der Waals surface area contributed by atoms with Crippen LogP contribution in [0.2, 0.25) is 0 Å². The average molecular weight is 348 g/mol. The maximum atomic E-state index is 12.4. The summed E-state index contributed by atoms with van der Waals surface area (Å²) in [5, 5.41) is 0.848. The summed E-state index contributed by atoms with van der Waals surface area (Å²) < 4.78 is 2.78. The lowest BCUT2D eigenvalue weighted by Gasteiger charge is -1.99. The van der Waals surface area contributed by atoms with Gasteiger partial charge < -0.3 is 0 Å². The number of aromatic nitrogens is 3. The van der Waals surface area contributed by atoms with Gasteiger partial charge >= 0.3 is 0 Å². The van der Waals surface area contributed by atoms with Crippen LogP contribution in [0.5, 0.6) is 0 Å². The Balaban J connectivity index is 1.94. The highest BCUT2D eigenvalue weighted by Gasteiger charge is 2.19. The molecule has 4 nitrogen and oxygen atoms in total. The number of halogens is 1. The molecule has 0 saturated heterocycles. The Morgan fingerprint density at radius 2 is 2.00 bits per heavy atom. The van der Waals surface area contributed by atoms with Crippen molar-refractivity contribution in [1.29, 1.82) is 0 Å². The van der Waals surface area contributed by atoms with Crippen LogP contribution in [0.15, 0.2) is 33.5 Å². The highest BCUT2D eigenvalue weighted by atomic mass is 79.9. The van der Waals surface area contributed by atoms with E-state index in [0.29, 0.717) is 5.52 Å². The van der Waals surface area contributed by atoms with Crippen molar-refractivity contribution in [3.8, 4) is 10.6 Å². The first-order valence-electron chi connectivity index (χ1n) is 6.38. The van der Waals surface area contributed by atoms with Crippen molar-refractivity contribution < 1.29 is 0 Å². The van der Waals surface area contributed by atoms with E-state index in [-0.39, 0.29) is 5.56 Å². The molecule has 3 aromatic rings. The number of aryl methyl sites for hydroxylation is 1. The lowest BCUT2D eigenvalue weighted by atomic mass is 10.2. The van der Waals surface area contributed by atoms with Gasteiger partial charge in [0.1, 0.15) is 10.8 Å². The predicted molar refractivity (Wildman–Crippen MR) is 83.1 cm³/mol. The van der Waals surface area contributed by atoms with Gasteiger partial charge in [-0.15, -0.1) is 0 Å². The number of rotatable bonds is 1. The van der Waals surface area contributed by atoms with Crippen LogP contribution in [-0.2, 0) is 13.0 Å². The minimum Gasteiger partial charge on any atom is -0.295 e. The largest absolute Gasteiger partial charge is 0.295 e. The molecule has 1 aliphatic rings. The van der Waals surface area contributed by atoms with Crippen LogP contribution >= 0.6 is 27.3 Å². The summed E-state index contributed by atoms with van der Waals surface area (Å²) in [5.74, 6) is 0.897. The van der Waals surface area contributed by atoms with Gasteiger partial charge in [0, 0.05) is 23.0 Å². The van der Waals surface area contributed by atoms with E-state index >= 15 is 0 Å². The van der Waals surface area contributed by atoms with Gasteiger partial charge in [-0.05, 0) is 18.6 Å². The van der Waals surface area contributed by atoms with Crippen LogP contribution in [0.3, 0.4) is 0 Å².